The summed E-state index contributed by atoms with van der Waals surface area (Å²) in [6, 6.07) is 6.71. The van der Waals surface area contributed by atoms with Gasteiger partial charge in [-0.05, 0) is 36.8 Å². The van der Waals surface area contributed by atoms with E-state index in [0.29, 0.717) is 6.67 Å². The number of piperazine rings is 1. The van der Waals surface area contributed by atoms with Gasteiger partial charge in [-0.1, -0.05) is 0 Å². The lowest BCUT2D eigenvalue weighted by Gasteiger charge is -2.30. The maximum Gasteiger partial charge on any atom is 0.114 e. The Balaban J connectivity index is 1.81. The van der Waals surface area contributed by atoms with Crippen LogP contribution in [0.15, 0.2) is 35.5 Å². The Morgan fingerprint density at radius 2 is 2.05 bits per heavy atom. The molecule has 2 heterocycles. The van der Waals surface area contributed by atoms with Crippen LogP contribution in [0.3, 0.4) is 0 Å². The SMILES string of the molecule is Cc1cc(N2CCNCC2)ccc1N1C=CC=NC1. The van der Waals surface area contributed by atoms with Gasteiger partial charge >= 0.3 is 0 Å². The normalized spacial score (nSPS) is 19.0. The van der Waals surface area contributed by atoms with Crippen LogP contribution < -0.4 is 15.1 Å². The molecule has 0 aromatic heterocycles. The van der Waals surface area contributed by atoms with Gasteiger partial charge in [-0.3, -0.25) is 4.99 Å². The van der Waals surface area contributed by atoms with Crippen molar-refractivity contribution >= 4 is 17.6 Å². The predicted octanol–water partition coefficient (Wildman–Crippen LogP) is 1.77. The molecule has 1 N–H and O–H groups in total. The number of hydrogen-bond acceptors (Lipinski definition) is 4. The van der Waals surface area contributed by atoms with E-state index in [0.717, 1.165) is 26.2 Å². The highest BCUT2D eigenvalue weighted by Crippen LogP contribution is 2.26. The van der Waals surface area contributed by atoms with Gasteiger partial charge in [0, 0.05) is 50.0 Å². The molecule has 2 aliphatic rings. The quantitative estimate of drug-likeness (QED) is 0.875. The van der Waals surface area contributed by atoms with Crippen molar-refractivity contribution in [2.75, 3.05) is 42.6 Å². The number of nitrogens with zero attached hydrogens (tertiary/aromatic N) is 3. The number of hydrogen-bond donors (Lipinski definition) is 1. The van der Waals surface area contributed by atoms with Gasteiger partial charge in [0.15, 0.2) is 0 Å². The number of rotatable bonds is 2. The molecule has 0 unspecified atom stereocenters. The fourth-order valence-corrected chi connectivity index (χ4v) is 2.62. The van der Waals surface area contributed by atoms with Crippen molar-refractivity contribution in [2.24, 2.45) is 4.99 Å². The summed E-state index contributed by atoms with van der Waals surface area (Å²) >= 11 is 0. The molecule has 3 rings (SSSR count). The molecule has 0 amide bonds. The van der Waals surface area contributed by atoms with E-state index in [1.807, 2.05) is 12.3 Å². The standard InChI is InChI=1S/C15H20N4/c1-13-11-14(18-9-6-16-7-10-18)3-4-15(13)19-8-2-5-17-12-19/h2-5,8,11,16H,6-7,9-10,12H2,1H3. The van der Waals surface area contributed by atoms with Gasteiger partial charge in [0.1, 0.15) is 6.67 Å². The second kappa shape index (κ2) is 5.45. The van der Waals surface area contributed by atoms with Crippen molar-refractivity contribution in [1.82, 2.24) is 5.32 Å². The van der Waals surface area contributed by atoms with Gasteiger partial charge in [0.25, 0.3) is 0 Å². The van der Waals surface area contributed by atoms with Crippen molar-refractivity contribution in [3.05, 3.63) is 36.0 Å². The minimum atomic E-state index is 0.713. The zero-order valence-corrected chi connectivity index (χ0v) is 11.3. The fourth-order valence-electron chi connectivity index (χ4n) is 2.62. The van der Waals surface area contributed by atoms with Crippen LogP contribution >= 0.6 is 0 Å². The molecule has 1 aromatic carbocycles. The second-order valence-corrected chi connectivity index (χ2v) is 4.99. The summed E-state index contributed by atoms with van der Waals surface area (Å²) in [6.45, 7) is 7.21. The third kappa shape index (κ3) is 2.63. The molecule has 1 saturated heterocycles. The Labute approximate surface area is 114 Å². The zero-order valence-electron chi connectivity index (χ0n) is 11.3. The predicted molar refractivity (Wildman–Crippen MR) is 81.2 cm³/mol. The van der Waals surface area contributed by atoms with Gasteiger partial charge in [0.05, 0.1) is 0 Å². The van der Waals surface area contributed by atoms with E-state index in [2.05, 4.69) is 51.4 Å². The molecule has 1 aromatic rings. The highest BCUT2D eigenvalue weighted by Gasteiger charge is 2.13. The molecule has 0 saturated carbocycles. The van der Waals surface area contributed by atoms with Crippen LogP contribution in [0, 0.1) is 6.92 Å². The van der Waals surface area contributed by atoms with Gasteiger partial charge in [0.2, 0.25) is 0 Å². The van der Waals surface area contributed by atoms with Gasteiger partial charge in [-0.15, -0.1) is 0 Å². The summed E-state index contributed by atoms with van der Waals surface area (Å²) in [7, 11) is 0. The molecule has 2 aliphatic heterocycles. The van der Waals surface area contributed by atoms with Crippen LogP contribution in [-0.2, 0) is 0 Å². The number of nitrogens with one attached hydrogen (secondary N) is 1. The molecule has 100 valence electrons. The highest BCUT2D eigenvalue weighted by molar-refractivity contribution is 5.75. The topological polar surface area (TPSA) is 30.9 Å². The summed E-state index contributed by atoms with van der Waals surface area (Å²) in [5.74, 6) is 0. The third-order valence-electron chi connectivity index (χ3n) is 3.66. The van der Waals surface area contributed by atoms with Gasteiger partial charge in [-0.25, -0.2) is 0 Å². The van der Waals surface area contributed by atoms with Crippen LogP contribution in [0.1, 0.15) is 5.56 Å². The minimum absolute atomic E-state index is 0.713. The van der Waals surface area contributed by atoms with Crippen molar-refractivity contribution in [3.63, 3.8) is 0 Å². The van der Waals surface area contributed by atoms with E-state index in [-0.39, 0.29) is 0 Å². The first-order valence-corrected chi connectivity index (χ1v) is 6.84. The number of anilines is 2. The third-order valence-corrected chi connectivity index (χ3v) is 3.66. The van der Waals surface area contributed by atoms with E-state index in [1.165, 1.54) is 16.9 Å². The van der Waals surface area contributed by atoms with Crippen molar-refractivity contribution < 1.29 is 0 Å². The molecule has 0 atom stereocenters. The average Bonchev–Trinajstić information content (AvgIpc) is 2.49. The van der Waals surface area contributed by atoms with Crippen LogP contribution in [0.25, 0.3) is 0 Å². The Bertz CT molecular complexity index is 501. The summed E-state index contributed by atoms with van der Waals surface area (Å²) in [6.07, 6.45) is 5.91. The van der Waals surface area contributed by atoms with E-state index in [1.54, 1.807) is 0 Å². The smallest absolute Gasteiger partial charge is 0.114 e. The first-order chi connectivity index (χ1) is 9.34. The monoisotopic (exact) mass is 256 g/mol. The highest BCUT2D eigenvalue weighted by atomic mass is 15.2. The van der Waals surface area contributed by atoms with Crippen LogP contribution in [-0.4, -0.2) is 39.1 Å². The molecule has 4 heteroatoms. The van der Waals surface area contributed by atoms with E-state index < -0.39 is 0 Å². The molecule has 0 bridgehead atoms. The minimum Gasteiger partial charge on any atom is -0.369 e. The largest absolute Gasteiger partial charge is 0.369 e. The number of aryl methyl sites for hydroxylation is 1. The van der Waals surface area contributed by atoms with Gasteiger partial charge in [-0.2, -0.15) is 0 Å². The van der Waals surface area contributed by atoms with Crippen molar-refractivity contribution in [3.8, 4) is 0 Å². The fraction of sp³-hybridized carbons (Fsp3) is 0.400. The molecule has 0 aliphatic carbocycles. The first-order valence-electron chi connectivity index (χ1n) is 6.84. The second-order valence-electron chi connectivity index (χ2n) is 4.99. The molecule has 1 fully saturated rings. The summed E-state index contributed by atoms with van der Waals surface area (Å²) < 4.78 is 0. The molecular formula is C15H20N4. The number of allylic oxidation sites excluding steroid dienone is 1. The van der Waals surface area contributed by atoms with E-state index in [4.69, 9.17) is 0 Å². The van der Waals surface area contributed by atoms with Crippen molar-refractivity contribution in [2.45, 2.75) is 6.92 Å². The Kier molecular flexibility index (Phi) is 3.51. The maximum atomic E-state index is 4.28. The lowest BCUT2D eigenvalue weighted by molar-refractivity contribution is 0.589. The van der Waals surface area contributed by atoms with Crippen molar-refractivity contribution in [1.29, 1.82) is 0 Å². The van der Waals surface area contributed by atoms with Gasteiger partial charge < -0.3 is 15.1 Å². The molecule has 0 spiro atoms. The first kappa shape index (κ1) is 12.2. The Morgan fingerprint density at radius 3 is 2.74 bits per heavy atom. The molecular weight excluding hydrogens is 236 g/mol. The molecule has 4 nitrogen and oxygen atoms in total. The zero-order chi connectivity index (χ0) is 13.1. The Hall–Kier alpha value is -1.81. The van der Waals surface area contributed by atoms with E-state index in [9.17, 15) is 0 Å². The average molecular weight is 256 g/mol. The van der Waals surface area contributed by atoms with Crippen LogP contribution in [0.5, 0.6) is 0 Å². The lowest BCUT2D eigenvalue weighted by atomic mass is 10.1. The molecule has 19 heavy (non-hydrogen) atoms. The lowest BCUT2D eigenvalue weighted by Crippen LogP contribution is -2.43. The maximum absolute atomic E-state index is 4.28. The summed E-state index contributed by atoms with van der Waals surface area (Å²) in [5, 5.41) is 3.39. The van der Waals surface area contributed by atoms with Crippen LogP contribution in [0.4, 0.5) is 11.4 Å². The summed E-state index contributed by atoms with van der Waals surface area (Å²) in [4.78, 5) is 8.90. The van der Waals surface area contributed by atoms with Crippen LogP contribution in [0.2, 0.25) is 0 Å². The van der Waals surface area contributed by atoms with E-state index >= 15 is 0 Å². The number of benzene rings is 1. The Morgan fingerprint density at radius 1 is 1.21 bits per heavy atom. The summed E-state index contributed by atoms with van der Waals surface area (Å²) in [5.41, 5.74) is 3.87. The molecule has 0 radical (unpaired) electrons. The number of aliphatic imine (C=N–C) groups is 1.